The second-order valence-corrected chi connectivity index (χ2v) is 4.16. The first-order chi connectivity index (χ1) is 8.29. The molecule has 0 bridgehead atoms. The van der Waals surface area contributed by atoms with Gasteiger partial charge < -0.3 is 9.15 Å². The third-order valence-corrected chi connectivity index (χ3v) is 2.79. The van der Waals surface area contributed by atoms with Crippen LogP contribution in [0.5, 0.6) is 0 Å². The van der Waals surface area contributed by atoms with Gasteiger partial charge in [0, 0.05) is 4.90 Å². The number of rotatable bonds is 4. The van der Waals surface area contributed by atoms with E-state index in [1.54, 1.807) is 6.92 Å². The molecular weight excluding hydrogens is 238 g/mol. The number of oxazole rings is 1. The fourth-order valence-electron chi connectivity index (χ4n) is 1.19. The average Bonchev–Trinajstić information content (AvgIpc) is 2.79. The summed E-state index contributed by atoms with van der Waals surface area (Å²) < 4.78 is 10.0. The summed E-state index contributed by atoms with van der Waals surface area (Å²) in [6.45, 7) is 2.07. The minimum absolute atomic E-state index is 0.199. The van der Waals surface area contributed by atoms with Crippen molar-refractivity contribution in [3.8, 4) is 0 Å². The Morgan fingerprint density at radius 2 is 2.18 bits per heavy atom. The first-order valence-electron chi connectivity index (χ1n) is 5.15. The second kappa shape index (κ2) is 5.54. The second-order valence-electron chi connectivity index (χ2n) is 3.13. The molecule has 0 saturated carbocycles. The van der Waals surface area contributed by atoms with E-state index in [-0.39, 0.29) is 5.69 Å². The van der Waals surface area contributed by atoms with Gasteiger partial charge in [-0.05, 0) is 30.8 Å². The van der Waals surface area contributed by atoms with Crippen LogP contribution in [-0.4, -0.2) is 17.6 Å². The highest BCUT2D eigenvalue weighted by Crippen LogP contribution is 2.26. The molecule has 4 nitrogen and oxygen atoms in total. The number of aromatic nitrogens is 1. The van der Waals surface area contributed by atoms with E-state index in [0.717, 1.165) is 4.90 Å². The van der Waals surface area contributed by atoms with E-state index >= 15 is 0 Å². The molecule has 0 radical (unpaired) electrons. The quantitative estimate of drug-likeness (QED) is 0.780. The zero-order chi connectivity index (χ0) is 12.1. The van der Waals surface area contributed by atoms with Crippen LogP contribution in [0.3, 0.4) is 0 Å². The van der Waals surface area contributed by atoms with E-state index in [0.29, 0.717) is 11.8 Å². The number of esters is 1. The highest BCUT2D eigenvalue weighted by atomic mass is 32.2. The van der Waals surface area contributed by atoms with Gasteiger partial charge in [0.25, 0.3) is 5.22 Å². The molecule has 0 aliphatic rings. The molecule has 2 rings (SSSR count). The van der Waals surface area contributed by atoms with Gasteiger partial charge in [0.2, 0.25) is 0 Å². The zero-order valence-electron chi connectivity index (χ0n) is 9.25. The Balaban J connectivity index is 2.06. The normalized spacial score (nSPS) is 10.2. The van der Waals surface area contributed by atoms with E-state index in [1.165, 1.54) is 18.0 Å². The fourth-order valence-corrected chi connectivity index (χ4v) is 1.93. The van der Waals surface area contributed by atoms with E-state index in [2.05, 4.69) is 4.98 Å². The molecular formula is C12H11NO3S. The summed E-state index contributed by atoms with van der Waals surface area (Å²) in [5, 5.41) is 0.430. The van der Waals surface area contributed by atoms with Crippen molar-refractivity contribution in [3.63, 3.8) is 0 Å². The Morgan fingerprint density at radius 3 is 2.88 bits per heavy atom. The van der Waals surface area contributed by atoms with Crippen LogP contribution >= 0.6 is 11.8 Å². The lowest BCUT2D eigenvalue weighted by molar-refractivity contribution is 0.0519. The van der Waals surface area contributed by atoms with Crippen LogP contribution in [0.15, 0.2) is 51.1 Å². The van der Waals surface area contributed by atoms with Crippen LogP contribution in [0.25, 0.3) is 0 Å². The summed E-state index contributed by atoms with van der Waals surface area (Å²) in [4.78, 5) is 16.4. The molecule has 0 fully saturated rings. The molecule has 1 heterocycles. The molecule has 2 aromatic rings. The Hall–Kier alpha value is -1.75. The van der Waals surface area contributed by atoms with Gasteiger partial charge in [0.05, 0.1) is 6.61 Å². The van der Waals surface area contributed by atoms with Crippen molar-refractivity contribution >= 4 is 17.7 Å². The molecule has 0 spiro atoms. The summed E-state index contributed by atoms with van der Waals surface area (Å²) in [7, 11) is 0. The smallest absolute Gasteiger partial charge is 0.360 e. The Bertz CT molecular complexity index is 495. The summed E-state index contributed by atoms with van der Waals surface area (Å²) >= 11 is 1.36. The van der Waals surface area contributed by atoms with Crippen LogP contribution in [0, 0.1) is 0 Å². The van der Waals surface area contributed by atoms with Gasteiger partial charge >= 0.3 is 5.97 Å². The molecule has 1 aromatic carbocycles. The van der Waals surface area contributed by atoms with Crippen molar-refractivity contribution in [3.05, 3.63) is 42.3 Å². The minimum atomic E-state index is -0.462. The Morgan fingerprint density at radius 1 is 1.41 bits per heavy atom. The van der Waals surface area contributed by atoms with Crippen LogP contribution in [0.1, 0.15) is 17.4 Å². The van der Waals surface area contributed by atoms with Gasteiger partial charge in [-0.3, -0.25) is 0 Å². The van der Waals surface area contributed by atoms with Crippen LogP contribution in [0.2, 0.25) is 0 Å². The van der Waals surface area contributed by atoms with Crippen molar-refractivity contribution < 1.29 is 13.9 Å². The number of carbonyl (C=O) groups is 1. The highest BCUT2D eigenvalue weighted by molar-refractivity contribution is 7.99. The lowest BCUT2D eigenvalue weighted by atomic mass is 10.4. The van der Waals surface area contributed by atoms with Gasteiger partial charge in [0.15, 0.2) is 5.69 Å². The largest absolute Gasteiger partial charge is 0.461 e. The number of hydrogen-bond acceptors (Lipinski definition) is 5. The van der Waals surface area contributed by atoms with Gasteiger partial charge in [-0.15, -0.1) is 0 Å². The molecule has 0 saturated heterocycles. The lowest BCUT2D eigenvalue weighted by Gasteiger charge is -1.95. The molecule has 0 atom stereocenters. The zero-order valence-corrected chi connectivity index (χ0v) is 10.1. The van der Waals surface area contributed by atoms with Gasteiger partial charge in [-0.2, -0.15) is 4.98 Å². The lowest BCUT2D eigenvalue weighted by Crippen LogP contribution is -2.04. The maximum absolute atomic E-state index is 11.4. The summed E-state index contributed by atoms with van der Waals surface area (Å²) in [6, 6.07) is 9.68. The first-order valence-corrected chi connectivity index (χ1v) is 5.97. The predicted molar refractivity (Wildman–Crippen MR) is 63.0 cm³/mol. The molecule has 0 aliphatic heterocycles. The SMILES string of the molecule is CCOC(=O)c1coc(Sc2ccccc2)n1. The molecule has 0 N–H and O–H groups in total. The number of carbonyl (C=O) groups excluding carboxylic acids is 1. The first kappa shape index (κ1) is 11.7. The molecule has 17 heavy (non-hydrogen) atoms. The standard InChI is InChI=1S/C12H11NO3S/c1-2-15-11(14)10-8-16-12(13-10)17-9-6-4-3-5-7-9/h3-8H,2H2,1H3. The van der Waals surface area contributed by atoms with E-state index in [1.807, 2.05) is 30.3 Å². The highest BCUT2D eigenvalue weighted by Gasteiger charge is 2.13. The maximum Gasteiger partial charge on any atom is 0.360 e. The topological polar surface area (TPSA) is 52.3 Å². The number of hydrogen-bond donors (Lipinski definition) is 0. The van der Waals surface area contributed by atoms with Gasteiger partial charge in [0.1, 0.15) is 6.26 Å². The van der Waals surface area contributed by atoms with Crippen molar-refractivity contribution in [2.75, 3.05) is 6.61 Å². The predicted octanol–water partition coefficient (Wildman–Crippen LogP) is 3.00. The molecule has 0 aliphatic carbocycles. The van der Waals surface area contributed by atoms with Gasteiger partial charge in [-0.1, -0.05) is 18.2 Å². The monoisotopic (exact) mass is 249 g/mol. The van der Waals surface area contributed by atoms with E-state index in [9.17, 15) is 4.79 Å². The Kier molecular flexibility index (Phi) is 3.82. The van der Waals surface area contributed by atoms with Crippen LogP contribution in [-0.2, 0) is 4.74 Å². The van der Waals surface area contributed by atoms with Crippen LogP contribution in [0.4, 0.5) is 0 Å². The van der Waals surface area contributed by atoms with E-state index < -0.39 is 5.97 Å². The van der Waals surface area contributed by atoms with Crippen molar-refractivity contribution in [1.29, 1.82) is 0 Å². The molecule has 0 unspecified atom stereocenters. The third-order valence-electron chi connectivity index (χ3n) is 1.92. The summed E-state index contributed by atoms with van der Waals surface area (Å²) in [5.74, 6) is -0.462. The number of ether oxygens (including phenoxy) is 1. The number of nitrogens with zero attached hydrogens (tertiary/aromatic N) is 1. The van der Waals surface area contributed by atoms with Gasteiger partial charge in [-0.25, -0.2) is 4.79 Å². The molecule has 0 amide bonds. The van der Waals surface area contributed by atoms with E-state index in [4.69, 9.17) is 9.15 Å². The number of benzene rings is 1. The third kappa shape index (κ3) is 3.10. The summed E-state index contributed by atoms with van der Waals surface area (Å²) in [6.07, 6.45) is 1.31. The van der Waals surface area contributed by atoms with Crippen molar-refractivity contribution in [2.24, 2.45) is 0 Å². The van der Waals surface area contributed by atoms with Crippen LogP contribution < -0.4 is 0 Å². The molecule has 88 valence electrons. The summed E-state index contributed by atoms with van der Waals surface area (Å²) in [5.41, 5.74) is 0.199. The van der Waals surface area contributed by atoms with Crippen molar-refractivity contribution in [2.45, 2.75) is 17.0 Å². The fraction of sp³-hybridized carbons (Fsp3) is 0.167. The minimum Gasteiger partial charge on any atom is -0.461 e. The Labute approximate surface area is 103 Å². The molecule has 1 aromatic heterocycles. The maximum atomic E-state index is 11.4. The molecule has 5 heteroatoms. The van der Waals surface area contributed by atoms with Crippen molar-refractivity contribution in [1.82, 2.24) is 4.98 Å². The average molecular weight is 249 g/mol.